The van der Waals surface area contributed by atoms with Gasteiger partial charge in [0.15, 0.2) is 5.78 Å². The van der Waals surface area contributed by atoms with Gasteiger partial charge < -0.3 is 9.84 Å². The summed E-state index contributed by atoms with van der Waals surface area (Å²) in [5.74, 6) is -1.73. The fourth-order valence-electron chi connectivity index (χ4n) is 1.39. The molecule has 0 aromatic heterocycles. The number of carboxylic acids is 1. The number of alkyl halides is 3. The van der Waals surface area contributed by atoms with Gasteiger partial charge in [0.25, 0.3) is 0 Å². The monoisotopic (exact) mass is 276 g/mol. The first-order chi connectivity index (χ1) is 8.78. The number of carbonyl (C=O) groups is 2. The summed E-state index contributed by atoms with van der Waals surface area (Å²) in [7, 11) is 0. The van der Waals surface area contributed by atoms with E-state index in [0.717, 1.165) is 12.1 Å². The predicted octanol–water partition coefficient (Wildman–Crippen LogP) is 3.02. The summed E-state index contributed by atoms with van der Waals surface area (Å²) in [5, 5.41) is 8.41. The molecule has 0 atom stereocenters. The minimum Gasteiger partial charge on any atom is -0.481 e. The van der Waals surface area contributed by atoms with Crippen molar-refractivity contribution in [2.75, 3.05) is 0 Å². The molecule has 104 valence electrons. The molecule has 0 aliphatic carbocycles. The van der Waals surface area contributed by atoms with Gasteiger partial charge in [-0.05, 0) is 30.7 Å². The number of aliphatic carboxylic acids is 1. The zero-order valence-corrected chi connectivity index (χ0v) is 9.74. The van der Waals surface area contributed by atoms with E-state index in [1.807, 2.05) is 0 Å². The number of hydrogen-bond acceptors (Lipinski definition) is 3. The van der Waals surface area contributed by atoms with E-state index in [1.54, 1.807) is 0 Å². The number of Topliss-reactive ketones (excluding diaryl/α,β-unsaturated/α-hetero) is 1. The van der Waals surface area contributed by atoms with Gasteiger partial charge in [0.1, 0.15) is 5.75 Å². The molecule has 0 heterocycles. The Hall–Kier alpha value is -2.05. The lowest BCUT2D eigenvalue weighted by Gasteiger charge is -2.08. The van der Waals surface area contributed by atoms with E-state index in [-0.39, 0.29) is 30.6 Å². The fourth-order valence-corrected chi connectivity index (χ4v) is 1.39. The van der Waals surface area contributed by atoms with Gasteiger partial charge >= 0.3 is 12.3 Å². The molecule has 0 amide bonds. The van der Waals surface area contributed by atoms with Crippen LogP contribution >= 0.6 is 0 Å². The lowest BCUT2D eigenvalue weighted by molar-refractivity contribution is -0.274. The first-order valence-corrected chi connectivity index (χ1v) is 5.39. The minimum atomic E-state index is -4.77. The van der Waals surface area contributed by atoms with Crippen LogP contribution < -0.4 is 4.74 Å². The van der Waals surface area contributed by atoms with Crippen LogP contribution in [0.2, 0.25) is 0 Å². The zero-order chi connectivity index (χ0) is 14.5. The van der Waals surface area contributed by atoms with E-state index in [9.17, 15) is 22.8 Å². The number of benzene rings is 1. The van der Waals surface area contributed by atoms with Gasteiger partial charge in [-0.3, -0.25) is 9.59 Å². The fraction of sp³-hybridized carbons (Fsp3) is 0.333. The summed E-state index contributed by atoms with van der Waals surface area (Å²) in [6.45, 7) is 0. The Morgan fingerprint density at radius 2 is 1.68 bits per heavy atom. The summed E-state index contributed by atoms with van der Waals surface area (Å²) >= 11 is 0. The number of carboxylic acid groups (broad SMARTS) is 1. The molecule has 0 aliphatic heterocycles. The highest BCUT2D eigenvalue weighted by Gasteiger charge is 2.31. The van der Waals surface area contributed by atoms with Crippen LogP contribution in [0, 0.1) is 0 Å². The van der Waals surface area contributed by atoms with E-state index in [4.69, 9.17) is 5.11 Å². The zero-order valence-electron chi connectivity index (χ0n) is 9.74. The maximum absolute atomic E-state index is 11.9. The van der Waals surface area contributed by atoms with Gasteiger partial charge in [0.05, 0.1) is 0 Å². The van der Waals surface area contributed by atoms with Crippen molar-refractivity contribution in [3.05, 3.63) is 29.8 Å². The Morgan fingerprint density at radius 1 is 1.11 bits per heavy atom. The molecule has 0 spiro atoms. The quantitative estimate of drug-likeness (QED) is 0.811. The molecule has 0 aliphatic rings. The predicted molar refractivity (Wildman–Crippen MR) is 58.9 cm³/mol. The number of halogens is 3. The molecule has 7 heteroatoms. The summed E-state index contributed by atoms with van der Waals surface area (Å²) in [5.41, 5.74) is 0.222. The lowest BCUT2D eigenvalue weighted by Crippen LogP contribution is -2.17. The molecule has 0 saturated heterocycles. The van der Waals surface area contributed by atoms with Crippen LogP contribution in [-0.2, 0) is 4.79 Å². The number of rotatable bonds is 6. The molecule has 19 heavy (non-hydrogen) atoms. The number of ketones is 1. The molecule has 1 aromatic rings. The average molecular weight is 276 g/mol. The molecule has 0 bridgehead atoms. The number of ether oxygens (including phenoxy) is 1. The number of carbonyl (C=O) groups excluding carboxylic acids is 1. The van der Waals surface area contributed by atoms with Crippen LogP contribution in [0.15, 0.2) is 24.3 Å². The van der Waals surface area contributed by atoms with E-state index in [0.29, 0.717) is 0 Å². The normalized spacial score (nSPS) is 11.1. The van der Waals surface area contributed by atoms with Crippen molar-refractivity contribution in [2.24, 2.45) is 0 Å². The Balaban J connectivity index is 2.56. The average Bonchev–Trinajstić information content (AvgIpc) is 2.27. The second-order valence-electron chi connectivity index (χ2n) is 3.74. The summed E-state index contributed by atoms with van der Waals surface area (Å²) in [6.07, 6.45) is -4.67. The van der Waals surface area contributed by atoms with Gasteiger partial charge in [-0.15, -0.1) is 13.2 Å². The highest BCUT2D eigenvalue weighted by Crippen LogP contribution is 2.23. The van der Waals surface area contributed by atoms with Crippen molar-refractivity contribution in [3.63, 3.8) is 0 Å². The number of hydrogen-bond donors (Lipinski definition) is 1. The highest BCUT2D eigenvalue weighted by molar-refractivity contribution is 5.96. The summed E-state index contributed by atoms with van der Waals surface area (Å²) < 4.78 is 39.4. The van der Waals surface area contributed by atoms with Gasteiger partial charge in [-0.1, -0.05) is 0 Å². The maximum atomic E-state index is 11.9. The summed E-state index contributed by atoms with van der Waals surface area (Å²) in [4.78, 5) is 21.8. The molecule has 0 saturated carbocycles. The van der Waals surface area contributed by atoms with Crippen LogP contribution in [0.1, 0.15) is 29.6 Å². The van der Waals surface area contributed by atoms with Crippen LogP contribution in [-0.4, -0.2) is 23.2 Å². The molecule has 0 radical (unpaired) electrons. The second-order valence-corrected chi connectivity index (χ2v) is 3.74. The molecular formula is C12H11F3O4. The summed E-state index contributed by atoms with van der Waals surface area (Å²) in [6, 6.07) is 4.50. The van der Waals surface area contributed by atoms with Crippen LogP contribution in [0.4, 0.5) is 13.2 Å². The third-order valence-corrected chi connectivity index (χ3v) is 2.20. The minimum absolute atomic E-state index is 0.0335. The molecule has 1 rings (SSSR count). The highest BCUT2D eigenvalue weighted by atomic mass is 19.4. The van der Waals surface area contributed by atoms with Crippen molar-refractivity contribution in [1.29, 1.82) is 0 Å². The Morgan fingerprint density at radius 3 is 2.16 bits per heavy atom. The van der Waals surface area contributed by atoms with Gasteiger partial charge in [-0.2, -0.15) is 0 Å². The molecular weight excluding hydrogens is 265 g/mol. The van der Waals surface area contributed by atoms with E-state index in [2.05, 4.69) is 4.74 Å². The standard InChI is InChI=1S/C12H11F3O4/c13-12(14,15)19-9-6-4-8(5-7-9)10(16)2-1-3-11(17)18/h4-7H,1-3H2,(H,17,18). The molecule has 1 N–H and O–H groups in total. The lowest BCUT2D eigenvalue weighted by atomic mass is 10.1. The largest absolute Gasteiger partial charge is 0.573 e. The molecule has 0 fully saturated rings. The molecule has 4 nitrogen and oxygen atoms in total. The third-order valence-electron chi connectivity index (χ3n) is 2.20. The van der Waals surface area contributed by atoms with Crippen molar-refractivity contribution in [2.45, 2.75) is 25.6 Å². The van der Waals surface area contributed by atoms with Gasteiger partial charge in [0.2, 0.25) is 0 Å². The van der Waals surface area contributed by atoms with Gasteiger partial charge in [-0.25, -0.2) is 0 Å². The van der Waals surface area contributed by atoms with Crippen molar-refractivity contribution >= 4 is 11.8 Å². The van der Waals surface area contributed by atoms with Crippen LogP contribution in [0.25, 0.3) is 0 Å². The van der Waals surface area contributed by atoms with E-state index >= 15 is 0 Å². The smallest absolute Gasteiger partial charge is 0.481 e. The Labute approximate surface area is 106 Å². The van der Waals surface area contributed by atoms with E-state index < -0.39 is 18.1 Å². The van der Waals surface area contributed by atoms with Crippen LogP contribution in [0.3, 0.4) is 0 Å². The SMILES string of the molecule is O=C(O)CCCC(=O)c1ccc(OC(F)(F)F)cc1. The Bertz CT molecular complexity index is 451. The van der Waals surface area contributed by atoms with E-state index in [1.165, 1.54) is 12.1 Å². The van der Waals surface area contributed by atoms with Crippen molar-refractivity contribution in [3.8, 4) is 5.75 Å². The molecule has 0 unspecified atom stereocenters. The van der Waals surface area contributed by atoms with Crippen molar-refractivity contribution in [1.82, 2.24) is 0 Å². The topological polar surface area (TPSA) is 63.6 Å². The van der Waals surface area contributed by atoms with Crippen molar-refractivity contribution < 1.29 is 32.6 Å². The second kappa shape index (κ2) is 6.21. The maximum Gasteiger partial charge on any atom is 0.573 e. The molecule has 1 aromatic carbocycles. The third kappa shape index (κ3) is 5.89. The Kier molecular flexibility index (Phi) is 4.91. The first kappa shape index (κ1) is 15.0. The first-order valence-electron chi connectivity index (χ1n) is 5.39. The van der Waals surface area contributed by atoms with Crippen LogP contribution in [0.5, 0.6) is 5.75 Å². The van der Waals surface area contributed by atoms with Gasteiger partial charge in [0, 0.05) is 18.4 Å².